The van der Waals surface area contributed by atoms with Crippen LogP contribution in [-0.4, -0.2) is 11.9 Å². The average molecular weight is 351 g/mol. The van der Waals surface area contributed by atoms with Gasteiger partial charge >= 0.3 is 0 Å². The fourth-order valence-corrected chi connectivity index (χ4v) is 2.28. The SMILES string of the molecule is NC(CCc1ccccc1)C(=O)Nc1cc(Br)ccc1F. The van der Waals surface area contributed by atoms with Gasteiger partial charge in [0.2, 0.25) is 5.91 Å². The number of anilines is 1. The summed E-state index contributed by atoms with van der Waals surface area (Å²) >= 11 is 3.24. The van der Waals surface area contributed by atoms with Gasteiger partial charge in [0.1, 0.15) is 5.82 Å². The summed E-state index contributed by atoms with van der Waals surface area (Å²) in [6, 6.07) is 13.5. The van der Waals surface area contributed by atoms with Crippen LogP contribution >= 0.6 is 15.9 Å². The van der Waals surface area contributed by atoms with E-state index in [1.54, 1.807) is 6.07 Å². The Morgan fingerprint density at radius 1 is 1.24 bits per heavy atom. The zero-order valence-electron chi connectivity index (χ0n) is 11.4. The number of halogens is 2. The largest absolute Gasteiger partial charge is 0.322 e. The maximum Gasteiger partial charge on any atom is 0.241 e. The van der Waals surface area contributed by atoms with Crippen molar-refractivity contribution in [3.8, 4) is 0 Å². The molecule has 0 radical (unpaired) electrons. The first-order valence-corrected chi connectivity index (χ1v) is 7.41. The molecule has 5 heteroatoms. The van der Waals surface area contributed by atoms with Gasteiger partial charge in [-0.25, -0.2) is 4.39 Å². The maximum atomic E-state index is 13.6. The highest BCUT2D eigenvalue weighted by Gasteiger charge is 2.15. The number of hydrogen-bond acceptors (Lipinski definition) is 2. The van der Waals surface area contributed by atoms with Crippen molar-refractivity contribution in [2.75, 3.05) is 5.32 Å². The highest BCUT2D eigenvalue weighted by Crippen LogP contribution is 2.20. The monoisotopic (exact) mass is 350 g/mol. The summed E-state index contributed by atoms with van der Waals surface area (Å²) in [6.07, 6.45) is 1.21. The maximum absolute atomic E-state index is 13.6. The fourth-order valence-electron chi connectivity index (χ4n) is 1.92. The van der Waals surface area contributed by atoms with Crippen LogP contribution < -0.4 is 11.1 Å². The summed E-state index contributed by atoms with van der Waals surface area (Å²) in [4.78, 5) is 12.0. The van der Waals surface area contributed by atoms with Crippen LogP contribution in [-0.2, 0) is 11.2 Å². The minimum absolute atomic E-state index is 0.129. The molecule has 1 atom stereocenters. The lowest BCUT2D eigenvalue weighted by Crippen LogP contribution is -2.36. The Morgan fingerprint density at radius 3 is 2.67 bits per heavy atom. The number of amides is 1. The Kier molecular flexibility index (Phi) is 5.47. The molecule has 0 saturated heterocycles. The van der Waals surface area contributed by atoms with Crippen molar-refractivity contribution in [3.63, 3.8) is 0 Å². The second-order valence-corrected chi connectivity index (χ2v) is 5.66. The molecule has 0 aliphatic rings. The number of nitrogens with two attached hydrogens (primary N) is 1. The third kappa shape index (κ3) is 4.65. The van der Waals surface area contributed by atoms with Gasteiger partial charge in [-0.05, 0) is 36.6 Å². The van der Waals surface area contributed by atoms with Crippen LogP contribution in [0.5, 0.6) is 0 Å². The van der Waals surface area contributed by atoms with Gasteiger partial charge in [0, 0.05) is 4.47 Å². The van der Waals surface area contributed by atoms with E-state index >= 15 is 0 Å². The number of benzene rings is 2. The summed E-state index contributed by atoms with van der Waals surface area (Å²) in [5.41, 5.74) is 7.10. The summed E-state index contributed by atoms with van der Waals surface area (Å²) in [7, 11) is 0. The van der Waals surface area contributed by atoms with Gasteiger partial charge in [-0.1, -0.05) is 46.3 Å². The second-order valence-electron chi connectivity index (χ2n) is 4.74. The van der Waals surface area contributed by atoms with Gasteiger partial charge in [-0.15, -0.1) is 0 Å². The summed E-state index contributed by atoms with van der Waals surface area (Å²) < 4.78 is 14.3. The molecule has 2 rings (SSSR count). The zero-order chi connectivity index (χ0) is 15.2. The van der Waals surface area contributed by atoms with Crippen LogP contribution in [0, 0.1) is 5.82 Å². The normalized spacial score (nSPS) is 12.0. The number of nitrogens with one attached hydrogen (secondary N) is 1. The molecule has 0 saturated carbocycles. The van der Waals surface area contributed by atoms with Gasteiger partial charge in [0.15, 0.2) is 0 Å². The Balaban J connectivity index is 1.92. The van der Waals surface area contributed by atoms with Crippen molar-refractivity contribution in [2.45, 2.75) is 18.9 Å². The lowest BCUT2D eigenvalue weighted by atomic mass is 10.1. The van der Waals surface area contributed by atoms with E-state index in [-0.39, 0.29) is 11.6 Å². The quantitative estimate of drug-likeness (QED) is 0.867. The molecule has 0 aliphatic heterocycles. The molecule has 0 heterocycles. The zero-order valence-corrected chi connectivity index (χ0v) is 12.9. The molecule has 1 amide bonds. The highest BCUT2D eigenvalue weighted by molar-refractivity contribution is 9.10. The molecule has 110 valence electrons. The Bertz CT molecular complexity index is 619. The molecule has 1 unspecified atom stereocenters. The standard InChI is InChI=1S/C16H16BrFN2O/c17-12-7-8-13(18)15(10-12)20-16(21)14(19)9-6-11-4-2-1-3-5-11/h1-5,7-8,10,14H,6,9,19H2,(H,20,21). The van der Waals surface area contributed by atoms with Gasteiger partial charge in [0.05, 0.1) is 11.7 Å². The molecule has 3 nitrogen and oxygen atoms in total. The Labute approximate surface area is 131 Å². The van der Waals surface area contributed by atoms with Crippen LogP contribution in [0.4, 0.5) is 10.1 Å². The van der Waals surface area contributed by atoms with E-state index in [1.807, 2.05) is 30.3 Å². The molecule has 0 spiro atoms. The summed E-state index contributed by atoms with van der Waals surface area (Å²) in [6.45, 7) is 0. The highest BCUT2D eigenvalue weighted by atomic mass is 79.9. The van der Waals surface area contributed by atoms with Crippen molar-refractivity contribution in [3.05, 3.63) is 64.4 Å². The molecule has 21 heavy (non-hydrogen) atoms. The first-order valence-electron chi connectivity index (χ1n) is 6.61. The van der Waals surface area contributed by atoms with Crippen LogP contribution in [0.1, 0.15) is 12.0 Å². The molecule has 3 N–H and O–H groups in total. The van der Waals surface area contributed by atoms with E-state index in [0.29, 0.717) is 17.3 Å². The van der Waals surface area contributed by atoms with Crippen LogP contribution in [0.15, 0.2) is 53.0 Å². The summed E-state index contributed by atoms with van der Waals surface area (Å²) in [5, 5.41) is 2.52. The van der Waals surface area contributed by atoms with E-state index in [2.05, 4.69) is 21.2 Å². The molecular weight excluding hydrogens is 335 g/mol. The van der Waals surface area contributed by atoms with Gasteiger partial charge in [-0.3, -0.25) is 4.79 Å². The smallest absolute Gasteiger partial charge is 0.241 e. The van der Waals surface area contributed by atoms with Gasteiger partial charge < -0.3 is 11.1 Å². The van der Waals surface area contributed by atoms with E-state index < -0.39 is 11.9 Å². The van der Waals surface area contributed by atoms with Crippen molar-refractivity contribution < 1.29 is 9.18 Å². The average Bonchev–Trinajstić information content (AvgIpc) is 2.49. The number of carbonyl (C=O) groups is 1. The third-order valence-corrected chi connectivity index (χ3v) is 3.60. The number of carbonyl (C=O) groups excluding carboxylic acids is 1. The number of aryl methyl sites for hydroxylation is 1. The van der Waals surface area contributed by atoms with Crippen LogP contribution in [0.3, 0.4) is 0 Å². The molecule has 2 aromatic carbocycles. The molecule has 2 aromatic rings. The Hall–Kier alpha value is -1.72. The molecule has 0 aromatic heterocycles. The third-order valence-electron chi connectivity index (χ3n) is 3.11. The number of rotatable bonds is 5. The lowest BCUT2D eigenvalue weighted by Gasteiger charge is -2.13. The summed E-state index contributed by atoms with van der Waals surface area (Å²) in [5.74, 6) is -0.871. The molecule has 0 fully saturated rings. The molecule has 0 aliphatic carbocycles. The van der Waals surface area contributed by atoms with Gasteiger partial charge in [0.25, 0.3) is 0 Å². The predicted molar refractivity (Wildman–Crippen MR) is 85.5 cm³/mol. The first-order chi connectivity index (χ1) is 10.1. The van der Waals surface area contributed by atoms with Gasteiger partial charge in [-0.2, -0.15) is 0 Å². The van der Waals surface area contributed by atoms with Crippen molar-refractivity contribution in [1.82, 2.24) is 0 Å². The van der Waals surface area contributed by atoms with Crippen molar-refractivity contribution in [2.24, 2.45) is 5.73 Å². The minimum atomic E-state index is -0.677. The first kappa shape index (κ1) is 15.7. The van der Waals surface area contributed by atoms with Crippen LogP contribution in [0.25, 0.3) is 0 Å². The molecular formula is C16H16BrFN2O. The second kappa shape index (κ2) is 7.33. The minimum Gasteiger partial charge on any atom is -0.322 e. The number of hydrogen-bond donors (Lipinski definition) is 2. The topological polar surface area (TPSA) is 55.1 Å². The molecule has 0 bridgehead atoms. The van der Waals surface area contributed by atoms with Crippen molar-refractivity contribution in [1.29, 1.82) is 0 Å². The van der Waals surface area contributed by atoms with E-state index in [4.69, 9.17) is 5.73 Å². The van der Waals surface area contributed by atoms with E-state index in [0.717, 1.165) is 5.56 Å². The Morgan fingerprint density at radius 2 is 1.95 bits per heavy atom. The van der Waals surface area contributed by atoms with Crippen molar-refractivity contribution >= 4 is 27.5 Å². The predicted octanol–water partition coefficient (Wildman–Crippen LogP) is 3.49. The van der Waals surface area contributed by atoms with E-state index in [9.17, 15) is 9.18 Å². The van der Waals surface area contributed by atoms with E-state index in [1.165, 1.54) is 12.1 Å². The fraction of sp³-hybridized carbons (Fsp3) is 0.188. The lowest BCUT2D eigenvalue weighted by molar-refractivity contribution is -0.117. The van der Waals surface area contributed by atoms with Crippen LogP contribution in [0.2, 0.25) is 0 Å².